The Morgan fingerprint density at radius 2 is 1.85 bits per heavy atom. The molecular formula is C30H36F2N2O5. The van der Waals surface area contributed by atoms with Crippen molar-refractivity contribution in [3.63, 3.8) is 0 Å². The zero-order chi connectivity index (χ0) is 28.3. The maximum atomic E-state index is 14.9. The number of benzene rings is 2. The third kappa shape index (κ3) is 6.64. The largest absolute Gasteiger partial charge is 0.415 e. The maximum Gasteiger partial charge on any atom is 0.415 e. The molecule has 2 aromatic rings. The topological polar surface area (TPSA) is 95.9 Å². The molecule has 2 aliphatic rings. The first kappa shape index (κ1) is 28.7. The number of halogens is 2. The van der Waals surface area contributed by atoms with E-state index in [1.165, 1.54) is 6.07 Å². The Hall–Kier alpha value is -3.33. The second-order valence-corrected chi connectivity index (χ2v) is 11.7. The van der Waals surface area contributed by atoms with Crippen LogP contribution < -0.4 is 5.32 Å². The average molecular weight is 543 g/mol. The highest BCUT2D eigenvalue weighted by Gasteiger charge is 2.47. The van der Waals surface area contributed by atoms with Crippen LogP contribution in [0, 0.1) is 28.9 Å². The van der Waals surface area contributed by atoms with Crippen LogP contribution in [-0.4, -0.2) is 53.2 Å². The van der Waals surface area contributed by atoms with E-state index in [4.69, 9.17) is 0 Å². The number of rotatable bonds is 9. The number of alkyl carbamates (subject to hydrolysis) is 1. The van der Waals surface area contributed by atoms with Crippen molar-refractivity contribution >= 4 is 18.0 Å². The number of ether oxygens (including phenoxy) is 1. The molecule has 1 saturated heterocycles. The van der Waals surface area contributed by atoms with Crippen LogP contribution >= 0.6 is 0 Å². The molecule has 0 radical (unpaired) electrons. The van der Waals surface area contributed by atoms with Gasteiger partial charge in [0, 0.05) is 12.6 Å². The first-order chi connectivity index (χ1) is 18.5. The normalized spacial score (nSPS) is 23.8. The number of carbonyl (C=O) groups excluding carboxylic acids is 3. The van der Waals surface area contributed by atoms with Gasteiger partial charge in [-0.3, -0.25) is 4.79 Å². The quantitative estimate of drug-likeness (QED) is 0.357. The van der Waals surface area contributed by atoms with Gasteiger partial charge in [0.2, 0.25) is 5.91 Å². The number of hydrogen-bond donors (Lipinski definition) is 2. The zero-order valence-corrected chi connectivity index (χ0v) is 22.5. The summed E-state index contributed by atoms with van der Waals surface area (Å²) in [5.74, 6) is -2.47. The summed E-state index contributed by atoms with van der Waals surface area (Å²) >= 11 is 0. The molecular weight excluding hydrogens is 506 g/mol. The van der Waals surface area contributed by atoms with Crippen molar-refractivity contribution in [3.8, 4) is 0 Å². The number of nitrogens with zero attached hydrogens (tertiary/aromatic N) is 1. The SMILES string of the molecule is CC(C)(C)[C@H](C1CC(c2cc(F)ccc2F)CC1Cc1ccccc1)N(CC[C@@H]1NC(=O)OC1=O)C(=O)CO. The molecule has 2 fully saturated rings. The summed E-state index contributed by atoms with van der Waals surface area (Å²) < 4.78 is 33.6. The number of carbonyl (C=O) groups is 3. The van der Waals surface area contributed by atoms with Gasteiger partial charge in [0.15, 0.2) is 0 Å². The minimum absolute atomic E-state index is 0.0365. The number of nitrogens with one attached hydrogen (secondary N) is 1. The van der Waals surface area contributed by atoms with Crippen LogP contribution in [0.1, 0.15) is 57.1 Å². The maximum absolute atomic E-state index is 14.9. The molecule has 5 atom stereocenters. The van der Waals surface area contributed by atoms with Crippen molar-refractivity contribution in [1.29, 1.82) is 0 Å². The Morgan fingerprint density at radius 1 is 1.13 bits per heavy atom. The predicted octanol–water partition coefficient (Wildman–Crippen LogP) is 4.58. The smallest absolute Gasteiger partial charge is 0.387 e. The fourth-order valence-corrected chi connectivity index (χ4v) is 6.48. The number of amides is 2. The summed E-state index contributed by atoms with van der Waals surface area (Å²) in [7, 11) is 0. The van der Waals surface area contributed by atoms with Crippen LogP contribution in [0.25, 0.3) is 0 Å². The lowest BCUT2D eigenvalue weighted by Gasteiger charge is -2.46. The van der Waals surface area contributed by atoms with E-state index >= 15 is 0 Å². The summed E-state index contributed by atoms with van der Waals surface area (Å²) in [6.45, 7) is 5.42. The van der Waals surface area contributed by atoms with E-state index in [9.17, 15) is 28.3 Å². The average Bonchev–Trinajstić information content (AvgIpc) is 3.43. The van der Waals surface area contributed by atoms with Crippen LogP contribution in [0.4, 0.5) is 13.6 Å². The molecule has 3 unspecified atom stereocenters. The first-order valence-corrected chi connectivity index (χ1v) is 13.4. The number of cyclic esters (lactones) is 2. The van der Waals surface area contributed by atoms with Gasteiger partial charge in [0.1, 0.15) is 24.3 Å². The molecule has 1 aliphatic carbocycles. The number of aliphatic hydroxyl groups is 1. The Morgan fingerprint density at radius 3 is 2.46 bits per heavy atom. The third-order valence-electron chi connectivity index (χ3n) is 8.00. The number of aliphatic hydroxyl groups excluding tert-OH is 1. The number of esters is 1. The lowest BCUT2D eigenvalue weighted by atomic mass is 9.72. The van der Waals surface area contributed by atoms with Gasteiger partial charge < -0.3 is 20.1 Å². The first-order valence-electron chi connectivity index (χ1n) is 13.4. The monoisotopic (exact) mass is 542 g/mol. The second-order valence-electron chi connectivity index (χ2n) is 11.7. The highest BCUT2D eigenvalue weighted by Crippen LogP contribution is 2.50. The van der Waals surface area contributed by atoms with E-state index in [0.29, 0.717) is 24.8 Å². The molecule has 0 bridgehead atoms. The summed E-state index contributed by atoms with van der Waals surface area (Å²) in [6.07, 6.45) is 1.13. The lowest BCUT2D eigenvalue weighted by molar-refractivity contribution is -0.143. The lowest BCUT2D eigenvalue weighted by Crippen LogP contribution is -2.54. The van der Waals surface area contributed by atoms with Crippen molar-refractivity contribution < 1.29 is 33.0 Å². The molecule has 0 spiro atoms. The molecule has 1 heterocycles. The van der Waals surface area contributed by atoms with Crippen molar-refractivity contribution in [3.05, 3.63) is 71.3 Å². The van der Waals surface area contributed by atoms with Crippen molar-refractivity contribution in [2.24, 2.45) is 17.3 Å². The van der Waals surface area contributed by atoms with Crippen LogP contribution in [-0.2, 0) is 20.7 Å². The molecule has 9 heteroatoms. The minimum atomic E-state index is -0.884. The van der Waals surface area contributed by atoms with Gasteiger partial charge in [-0.05, 0) is 78.2 Å². The molecule has 4 rings (SSSR count). The molecule has 7 nitrogen and oxygen atoms in total. The van der Waals surface area contributed by atoms with Gasteiger partial charge in [-0.2, -0.15) is 0 Å². The van der Waals surface area contributed by atoms with Gasteiger partial charge in [0.25, 0.3) is 0 Å². The van der Waals surface area contributed by atoms with Crippen molar-refractivity contribution in [1.82, 2.24) is 10.2 Å². The van der Waals surface area contributed by atoms with Crippen LogP contribution in [0.5, 0.6) is 0 Å². The van der Waals surface area contributed by atoms with Crippen LogP contribution in [0.15, 0.2) is 48.5 Å². The third-order valence-corrected chi connectivity index (χ3v) is 8.00. The second kappa shape index (κ2) is 11.8. The van der Waals surface area contributed by atoms with E-state index in [1.54, 1.807) is 4.90 Å². The molecule has 39 heavy (non-hydrogen) atoms. The van der Waals surface area contributed by atoms with Crippen molar-refractivity contribution in [2.75, 3.05) is 13.2 Å². The van der Waals surface area contributed by atoms with E-state index in [1.807, 2.05) is 51.1 Å². The summed E-state index contributed by atoms with van der Waals surface area (Å²) in [6, 6.07) is 12.2. The van der Waals surface area contributed by atoms with E-state index in [2.05, 4.69) is 10.1 Å². The highest BCUT2D eigenvalue weighted by molar-refractivity contribution is 5.95. The standard InChI is InChI=1S/C30H36F2N2O5/c1-30(2,3)27(34(26(36)17-35)12-11-25-28(37)39-29(38)33-25)23-15-20(22-16-21(31)9-10-24(22)32)14-19(23)13-18-7-5-4-6-8-18/h4-10,16,19-20,23,25,27,35H,11-15,17H2,1-3H3,(H,33,38)/t19?,20?,23?,25-,27-/m0/s1. The Labute approximate surface area is 227 Å². The molecule has 1 aliphatic heterocycles. The van der Waals surface area contributed by atoms with Crippen LogP contribution in [0.2, 0.25) is 0 Å². The van der Waals surface area contributed by atoms with Gasteiger partial charge in [-0.1, -0.05) is 51.1 Å². The van der Waals surface area contributed by atoms with Gasteiger partial charge in [0.05, 0.1) is 0 Å². The van der Waals surface area contributed by atoms with E-state index in [0.717, 1.165) is 17.7 Å². The fraction of sp³-hybridized carbons (Fsp3) is 0.500. The fourth-order valence-electron chi connectivity index (χ4n) is 6.48. The molecule has 0 aromatic heterocycles. The van der Waals surface area contributed by atoms with E-state index < -0.39 is 47.7 Å². The number of hydrogen-bond acceptors (Lipinski definition) is 5. The summed E-state index contributed by atoms with van der Waals surface area (Å²) in [5, 5.41) is 12.4. The Balaban J connectivity index is 1.69. The minimum Gasteiger partial charge on any atom is -0.387 e. The highest BCUT2D eigenvalue weighted by atomic mass is 19.1. The van der Waals surface area contributed by atoms with Gasteiger partial charge in [-0.15, -0.1) is 0 Å². The molecule has 2 N–H and O–H groups in total. The van der Waals surface area contributed by atoms with E-state index in [-0.39, 0.29) is 36.8 Å². The zero-order valence-electron chi connectivity index (χ0n) is 22.5. The predicted molar refractivity (Wildman–Crippen MR) is 141 cm³/mol. The molecule has 2 aromatic carbocycles. The molecule has 1 saturated carbocycles. The summed E-state index contributed by atoms with van der Waals surface area (Å²) in [4.78, 5) is 38.3. The van der Waals surface area contributed by atoms with Gasteiger partial charge >= 0.3 is 12.1 Å². The Kier molecular flexibility index (Phi) is 8.69. The molecule has 210 valence electrons. The van der Waals surface area contributed by atoms with Crippen molar-refractivity contribution in [2.45, 2.75) is 64.5 Å². The van der Waals surface area contributed by atoms with Crippen LogP contribution in [0.3, 0.4) is 0 Å². The summed E-state index contributed by atoms with van der Waals surface area (Å²) in [5.41, 5.74) is 0.982. The Bertz CT molecular complexity index is 1200. The van der Waals surface area contributed by atoms with Gasteiger partial charge in [-0.25, -0.2) is 18.4 Å². The molecule has 2 amide bonds.